The summed E-state index contributed by atoms with van der Waals surface area (Å²) in [6.45, 7) is 0.978. The van der Waals surface area contributed by atoms with Crippen molar-refractivity contribution >= 4 is 21.7 Å². The number of carbonyl (C=O) groups excluding carboxylic acids is 1. The molecule has 1 aliphatic carbocycles. The van der Waals surface area contributed by atoms with Gasteiger partial charge in [0.25, 0.3) is 0 Å². The molecule has 1 fully saturated rings. The van der Waals surface area contributed by atoms with Crippen molar-refractivity contribution in [2.24, 2.45) is 0 Å². The quantitative estimate of drug-likeness (QED) is 0.841. The average Bonchev–Trinajstić information content (AvgIpc) is 2.93. The lowest BCUT2D eigenvalue weighted by molar-refractivity contribution is 0.0339. The van der Waals surface area contributed by atoms with Gasteiger partial charge in [-0.05, 0) is 41.6 Å². The Morgan fingerprint density at radius 3 is 2.89 bits per heavy atom. The molecule has 0 spiro atoms. The molecule has 0 radical (unpaired) electrons. The summed E-state index contributed by atoms with van der Waals surface area (Å²) in [6, 6.07) is 0. The van der Waals surface area contributed by atoms with Crippen LogP contribution in [0.3, 0.4) is 0 Å². The van der Waals surface area contributed by atoms with E-state index in [4.69, 9.17) is 4.74 Å². The van der Waals surface area contributed by atoms with E-state index in [2.05, 4.69) is 21.0 Å². The maximum absolute atomic E-state index is 12.5. The molecule has 0 aliphatic heterocycles. The molecule has 1 saturated carbocycles. The van der Waals surface area contributed by atoms with Gasteiger partial charge in [-0.15, -0.1) is 0 Å². The first kappa shape index (κ1) is 13.7. The number of Topliss-reactive ketones (excluding diaryl/α,β-unsaturated/α-hetero) is 1. The van der Waals surface area contributed by atoms with Gasteiger partial charge in [-0.25, -0.2) is 0 Å². The molecule has 1 aromatic heterocycles. The van der Waals surface area contributed by atoms with E-state index < -0.39 is 5.60 Å². The molecule has 0 aromatic carbocycles. The number of hydrogen-bond donors (Lipinski definition) is 1. The van der Waals surface area contributed by atoms with Crippen molar-refractivity contribution in [3.8, 4) is 0 Å². The van der Waals surface area contributed by atoms with Crippen LogP contribution in [0.25, 0.3) is 0 Å². The molecule has 1 heterocycles. The maximum atomic E-state index is 12.5. The number of aromatic nitrogens is 2. The van der Waals surface area contributed by atoms with Crippen molar-refractivity contribution in [2.45, 2.75) is 37.8 Å². The summed E-state index contributed by atoms with van der Waals surface area (Å²) < 4.78 is 7.21. The molecular formula is C12H17BrN2O3. The summed E-state index contributed by atoms with van der Waals surface area (Å²) in [5, 5.41) is 14.5. The number of ketones is 1. The highest BCUT2D eigenvalue weighted by atomic mass is 79.9. The number of rotatable bonds is 5. The lowest BCUT2D eigenvalue weighted by Gasteiger charge is -2.21. The Labute approximate surface area is 114 Å². The number of methoxy groups -OCH3 is 1. The van der Waals surface area contributed by atoms with Crippen LogP contribution in [0.15, 0.2) is 10.7 Å². The largest absolute Gasteiger partial charge is 0.383 e. The molecule has 0 atom stereocenters. The maximum Gasteiger partial charge on any atom is 0.213 e. The zero-order chi connectivity index (χ0) is 13.2. The lowest BCUT2D eigenvalue weighted by atomic mass is 9.94. The van der Waals surface area contributed by atoms with Gasteiger partial charge >= 0.3 is 0 Å². The van der Waals surface area contributed by atoms with Crippen LogP contribution < -0.4 is 0 Å². The summed E-state index contributed by atoms with van der Waals surface area (Å²) in [5.41, 5.74) is -0.774. The van der Waals surface area contributed by atoms with Crippen molar-refractivity contribution in [1.29, 1.82) is 0 Å². The van der Waals surface area contributed by atoms with E-state index in [0.29, 0.717) is 36.2 Å². The third-order valence-electron chi connectivity index (χ3n) is 3.37. The molecule has 5 nitrogen and oxygen atoms in total. The van der Waals surface area contributed by atoms with E-state index >= 15 is 0 Å². The van der Waals surface area contributed by atoms with E-state index in [0.717, 1.165) is 12.8 Å². The molecule has 0 saturated heterocycles. The minimum Gasteiger partial charge on any atom is -0.383 e. The van der Waals surface area contributed by atoms with Crippen LogP contribution in [-0.2, 0) is 11.3 Å². The predicted octanol–water partition coefficient (Wildman–Crippen LogP) is 1.78. The van der Waals surface area contributed by atoms with E-state index in [1.807, 2.05) is 0 Å². The number of halogens is 1. The van der Waals surface area contributed by atoms with Gasteiger partial charge in [0.2, 0.25) is 5.78 Å². The molecule has 0 unspecified atom stereocenters. The summed E-state index contributed by atoms with van der Waals surface area (Å²) in [6.07, 6.45) is 4.45. The minimum atomic E-state index is -1.21. The molecule has 1 aromatic rings. The van der Waals surface area contributed by atoms with Gasteiger partial charge in [0, 0.05) is 7.11 Å². The molecule has 0 amide bonds. The minimum absolute atomic E-state index is 0.236. The number of aliphatic hydroxyl groups is 1. The number of carbonyl (C=O) groups is 1. The highest BCUT2D eigenvalue weighted by Crippen LogP contribution is 2.34. The summed E-state index contributed by atoms with van der Waals surface area (Å²) in [7, 11) is 1.60. The van der Waals surface area contributed by atoms with Crippen molar-refractivity contribution in [1.82, 2.24) is 9.78 Å². The molecule has 2 rings (SSSR count). The molecule has 0 bridgehead atoms. The van der Waals surface area contributed by atoms with Crippen molar-refractivity contribution in [3.05, 3.63) is 16.4 Å². The van der Waals surface area contributed by atoms with E-state index in [9.17, 15) is 9.90 Å². The van der Waals surface area contributed by atoms with Gasteiger partial charge in [0.15, 0.2) is 0 Å². The van der Waals surface area contributed by atoms with Crippen LogP contribution in [0.1, 0.15) is 36.2 Å². The fourth-order valence-electron chi connectivity index (χ4n) is 2.34. The van der Waals surface area contributed by atoms with Crippen molar-refractivity contribution < 1.29 is 14.6 Å². The number of hydrogen-bond acceptors (Lipinski definition) is 4. The third kappa shape index (κ3) is 2.50. The second kappa shape index (κ2) is 5.50. The highest BCUT2D eigenvalue weighted by molar-refractivity contribution is 9.10. The predicted molar refractivity (Wildman–Crippen MR) is 69.6 cm³/mol. The normalized spacial score (nSPS) is 18.2. The standard InChI is InChI=1S/C12H17BrN2O3/c1-18-7-6-15-10(9(13)8-14-15)11(16)12(17)4-2-3-5-12/h8,17H,2-7H2,1H3. The van der Waals surface area contributed by atoms with E-state index in [-0.39, 0.29) is 5.78 Å². The fourth-order valence-corrected chi connectivity index (χ4v) is 2.82. The Balaban J connectivity index is 2.26. The Morgan fingerprint density at radius 2 is 2.28 bits per heavy atom. The molecular weight excluding hydrogens is 300 g/mol. The Morgan fingerprint density at radius 1 is 1.61 bits per heavy atom. The molecule has 1 aliphatic rings. The molecule has 1 N–H and O–H groups in total. The topological polar surface area (TPSA) is 64.4 Å². The van der Waals surface area contributed by atoms with E-state index in [1.54, 1.807) is 18.0 Å². The monoisotopic (exact) mass is 316 g/mol. The van der Waals surface area contributed by atoms with Gasteiger partial charge < -0.3 is 9.84 Å². The zero-order valence-corrected chi connectivity index (χ0v) is 11.9. The number of nitrogens with zero attached hydrogens (tertiary/aromatic N) is 2. The van der Waals surface area contributed by atoms with Gasteiger partial charge in [-0.1, -0.05) is 0 Å². The Hall–Kier alpha value is -0.720. The Bertz CT molecular complexity index is 439. The summed E-state index contributed by atoms with van der Waals surface area (Å²) in [5.74, 6) is -0.236. The third-order valence-corrected chi connectivity index (χ3v) is 3.95. The lowest BCUT2D eigenvalue weighted by Crippen LogP contribution is -2.37. The second-order valence-electron chi connectivity index (χ2n) is 4.62. The van der Waals surface area contributed by atoms with Crippen LogP contribution >= 0.6 is 15.9 Å². The summed E-state index contributed by atoms with van der Waals surface area (Å²) >= 11 is 3.32. The number of ether oxygens (including phenoxy) is 1. The van der Waals surface area contributed by atoms with Crippen LogP contribution in [0.4, 0.5) is 0 Å². The first-order valence-corrected chi connectivity index (χ1v) is 6.85. The SMILES string of the molecule is COCCn1ncc(Br)c1C(=O)C1(O)CCCC1. The van der Waals surface area contributed by atoms with Crippen LogP contribution in [-0.4, -0.2) is 40.0 Å². The van der Waals surface area contributed by atoms with Gasteiger partial charge in [-0.3, -0.25) is 9.48 Å². The average molecular weight is 317 g/mol. The van der Waals surface area contributed by atoms with E-state index in [1.165, 1.54) is 0 Å². The zero-order valence-electron chi connectivity index (χ0n) is 10.4. The van der Waals surface area contributed by atoms with Gasteiger partial charge in [0.1, 0.15) is 11.3 Å². The van der Waals surface area contributed by atoms with Crippen LogP contribution in [0, 0.1) is 0 Å². The summed E-state index contributed by atoms with van der Waals surface area (Å²) in [4.78, 5) is 12.5. The molecule has 100 valence electrons. The van der Waals surface area contributed by atoms with Gasteiger partial charge in [0.05, 0.1) is 23.8 Å². The molecule has 18 heavy (non-hydrogen) atoms. The van der Waals surface area contributed by atoms with Gasteiger partial charge in [-0.2, -0.15) is 5.10 Å². The van der Waals surface area contributed by atoms with Crippen molar-refractivity contribution in [3.63, 3.8) is 0 Å². The highest BCUT2D eigenvalue weighted by Gasteiger charge is 2.41. The fraction of sp³-hybridized carbons (Fsp3) is 0.667. The second-order valence-corrected chi connectivity index (χ2v) is 5.48. The first-order chi connectivity index (χ1) is 8.58. The van der Waals surface area contributed by atoms with Crippen LogP contribution in [0.2, 0.25) is 0 Å². The smallest absolute Gasteiger partial charge is 0.213 e. The molecule has 6 heteroatoms. The Kier molecular flexibility index (Phi) is 4.19. The van der Waals surface area contributed by atoms with Crippen LogP contribution in [0.5, 0.6) is 0 Å². The first-order valence-electron chi connectivity index (χ1n) is 6.06. The van der Waals surface area contributed by atoms with Crippen molar-refractivity contribution in [2.75, 3.05) is 13.7 Å².